The third kappa shape index (κ3) is 3.57. The maximum atomic E-state index is 12.1. The summed E-state index contributed by atoms with van der Waals surface area (Å²) in [5, 5.41) is 8.93. The Labute approximate surface area is 126 Å². The first-order chi connectivity index (χ1) is 10.5. The number of aromatic nitrogens is 2. The molecule has 0 radical (unpaired) electrons. The van der Waals surface area contributed by atoms with Gasteiger partial charge in [0, 0.05) is 44.8 Å². The van der Waals surface area contributed by atoms with Crippen LogP contribution in [-0.2, 0) is 6.54 Å². The summed E-state index contributed by atoms with van der Waals surface area (Å²) in [6, 6.07) is 5.78. The lowest BCUT2D eigenvalue weighted by Crippen LogP contribution is -2.32. The number of carboxylic acids is 1. The second kappa shape index (κ2) is 6.66. The first-order valence-corrected chi connectivity index (χ1v) is 6.58. The molecular weight excluding hydrogens is 286 g/mol. The molecule has 114 valence electrons. The Balaban J connectivity index is 2.07. The highest BCUT2D eigenvalue weighted by Crippen LogP contribution is 2.02. The minimum atomic E-state index is -1.10. The molecule has 2 aromatic heterocycles. The lowest BCUT2D eigenvalue weighted by molar-refractivity contribution is 0.0694. The van der Waals surface area contributed by atoms with Gasteiger partial charge < -0.3 is 14.6 Å². The van der Waals surface area contributed by atoms with Crippen molar-refractivity contribution >= 4 is 11.9 Å². The van der Waals surface area contributed by atoms with E-state index in [-0.39, 0.29) is 30.1 Å². The van der Waals surface area contributed by atoms with E-state index >= 15 is 0 Å². The maximum absolute atomic E-state index is 12.1. The molecule has 0 unspecified atom stereocenters. The van der Waals surface area contributed by atoms with Crippen LogP contribution in [0.3, 0.4) is 0 Å². The predicted molar refractivity (Wildman–Crippen MR) is 78.9 cm³/mol. The number of pyridine rings is 2. The molecule has 0 bridgehead atoms. The molecule has 0 aliphatic heterocycles. The van der Waals surface area contributed by atoms with Crippen LogP contribution in [0.5, 0.6) is 0 Å². The van der Waals surface area contributed by atoms with Crippen molar-refractivity contribution in [1.29, 1.82) is 0 Å². The van der Waals surface area contributed by atoms with Gasteiger partial charge in [-0.25, -0.2) is 4.79 Å². The summed E-state index contributed by atoms with van der Waals surface area (Å²) in [6.45, 7) is 0.485. The van der Waals surface area contributed by atoms with Crippen LogP contribution in [0, 0.1) is 0 Å². The van der Waals surface area contributed by atoms with Gasteiger partial charge in [0.25, 0.3) is 11.5 Å². The van der Waals surface area contributed by atoms with E-state index in [0.29, 0.717) is 5.56 Å². The zero-order valence-corrected chi connectivity index (χ0v) is 12.0. The average molecular weight is 301 g/mol. The maximum Gasteiger partial charge on any atom is 0.337 e. The predicted octanol–water partition coefficient (Wildman–Crippen LogP) is 0.714. The quantitative estimate of drug-likeness (QED) is 0.878. The molecule has 0 fully saturated rings. The van der Waals surface area contributed by atoms with Gasteiger partial charge in [-0.05, 0) is 18.2 Å². The number of carbonyl (C=O) groups excluding carboxylic acids is 1. The van der Waals surface area contributed by atoms with E-state index in [4.69, 9.17) is 5.11 Å². The Kier molecular flexibility index (Phi) is 4.67. The topological polar surface area (TPSA) is 92.5 Å². The number of amides is 1. The fourth-order valence-corrected chi connectivity index (χ4v) is 1.90. The van der Waals surface area contributed by atoms with Crippen LogP contribution >= 0.6 is 0 Å². The average Bonchev–Trinajstić information content (AvgIpc) is 2.53. The molecule has 7 heteroatoms. The highest BCUT2D eigenvalue weighted by atomic mass is 16.4. The van der Waals surface area contributed by atoms with Crippen LogP contribution in [0.4, 0.5) is 0 Å². The minimum Gasteiger partial charge on any atom is -0.478 e. The van der Waals surface area contributed by atoms with Gasteiger partial charge in [0.1, 0.15) is 0 Å². The molecule has 0 aliphatic carbocycles. The van der Waals surface area contributed by atoms with Gasteiger partial charge in [-0.1, -0.05) is 0 Å². The molecule has 0 atom stereocenters. The van der Waals surface area contributed by atoms with Crippen molar-refractivity contribution < 1.29 is 14.7 Å². The monoisotopic (exact) mass is 301 g/mol. The van der Waals surface area contributed by atoms with Crippen molar-refractivity contribution in [3.63, 3.8) is 0 Å². The lowest BCUT2D eigenvalue weighted by atomic mass is 10.2. The molecule has 22 heavy (non-hydrogen) atoms. The Hall–Kier alpha value is -2.96. The molecule has 1 amide bonds. The Morgan fingerprint density at radius 2 is 2.05 bits per heavy atom. The summed E-state index contributed by atoms with van der Waals surface area (Å²) < 4.78 is 1.27. The third-order valence-corrected chi connectivity index (χ3v) is 3.16. The van der Waals surface area contributed by atoms with E-state index in [1.54, 1.807) is 25.4 Å². The fraction of sp³-hybridized carbons (Fsp3) is 0.200. The van der Waals surface area contributed by atoms with Crippen molar-refractivity contribution in [3.8, 4) is 0 Å². The summed E-state index contributed by atoms with van der Waals surface area (Å²) in [5.41, 5.74) is 0.171. The summed E-state index contributed by atoms with van der Waals surface area (Å²) in [7, 11) is 1.61. The summed E-state index contributed by atoms with van der Waals surface area (Å²) >= 11 is 0. The van der Waals surface area contributed by atoms with Crippen LogP contribution < -0.4 is 5.56 Å². The van der Waals surface area contributed by atoms with E-state index in [2.05, 4.69) is 4.98 Å². The van der Waals surface area contributed by atoms with Crippen LogP contribution in [0.15, 0.2) is 47.7 Å². The molecule has 2 aromatic rings. The van der Waals surface area contributed by atoms with Gasteiger partial charge in [0.2, 0.25) is 0 Å². The molecular formula is C15H15N3O4. The van der Waals surface area contributed by atoms with Crippen molar-refractivity contribution in [2.75, 3.05) is 13.6 Å². The van der Waals surface area contributed by atoms with Gasteiger partial charge in [-0.2, -0.15) is 0 Å². The number of aromatic carboxylic acids is 1. The van der Waals surface area contributed by atoms with Crippen molar-refractivity contribution in [2.45, 2.75) is 6.54 Å². The Morgan fingerprint density at radius 1 is 1.27 bits per heavy atom. The third-order valence-electron chi connectivity index (χ3n) is 3.16. The highest BCUT2D eigenvalue weighted by molar-refractivity contribution is 5.93. The summed E-state index contributed by atoms with van der Waals surface area (Å²) in [6.07, 6.45) is 4.32. The zero-order valence-electron chi connectivity index (χ0n) is 12.0. The van der Waals surface area contributed by atoms with Crippen LogP contribution in [-0.4, -0.2) is 45.0 Å². The van der Waals surface area contributed by atoms with Gasteiger partial charge in [0.15, 0.2) is 0 Å². The molecule has 2 rings (SSSR count). The number of likely N-dealkylation sites (N-methyl/N-ethyl adjacent to an activating group) is 1. The highest BCUT2D eigenvalue weighted by Gasteiger charge is 2.12. The van der Waals surface area contributed by atoms with Crippen molar-refractivity contribution in [2.24, 2.45) is 0 Å². The Morgan fingerprint density at radius 3 is 2.68 bits per heavy atom. The first-order valence-electron chi connectivity index (χ1n) is 6.58. The van der Waals surface area contributed by atoms with Crippen LogP contribution in [0.1, 0.15) is 20.7 Å². The smallest absolute Gasteiger partial charge is 0.337 e. The molecule has 2 heterocycles. The SMILES string of the molecule is CN(CCn1cc(C(=O)O)ccc1=O)C(=O)c1cccnc1. The molecule has 0 spiro atoms. The second-order valence-corrected chi connectivity index (χ2v) is 4.72. The number of nitrogens with zero attached hydrogens (tertiary/aromatic N) is 3. The number of carbonyl (C=O) groups is 2. The Bertz CT molecular complexity index is 740. The molecule has 0 aliphatic rings. The largest absolute Gasteiger partial charge is 0.478 e. The molecule has 7 nitrogen and oxygen atoms in total. The van der Waals surface area contributed by atoms with Crippen LogP contribution in [0.2, 0.25) is 0 Å². The number of hydrogen-bond donors (Lipinski definition) is 1. The molecule has 0 saturated carbocycles. The normalized spacial score (nSPS) is 10.2. The number of rotatable bonds is 5. The van der Waals surface area contributed by atoms with Gasteiger partial charge in [0.05, 0.1) is 11.1 Å². The zero-order chi connectivity index (χ0) is 16.1. The van der Waals surface area contributed by atoms with E-state index < -0.39 is 5.97 Å². The van der Waals surface area contributed by atoms with E-state index in [1.807, 2.05) is 0 Å². The van der Waals surface area contributed by atoms with E-state index in [9.17, 15) is 14.4 Å². The minimum absolute atomic E-state index is 0.0286. The lowest BCUT2D eigenvalue weighted by Gasteiger charge is -2.17. The van der Waals surface area contributed by atoms with Gasteiger partial charge in [-0.3, -0.25) is 14.6 Å². The van der Waals surface area contributed by atoms with Crippen LogP contribution in [0.25, 0.3) is 0 Å². The fourth-order valence-electron chi connectivity index (χ4n) is 1.90. The number of hydrogen-bond acceptors (Lipinski definition) is 4. The van der Waals surface area contributed by atoms with E-state index in [1.165, 1.54) is 34.0 Å². The first kappa shape index (κ1) is 15.4. The van der Waals surface area contributed by atoms with Gasteiger partial charge >= 0.3 is 5.97 Å². The van der Waals surface area contributed by atoms with Crippen molar-refractivity contribution in [1.82, 2.24) is 14.5 Å². The molecule has 0 aromatic carbocycles. The van der Waals surface area contributed by atoms with Crippen molar-refractivity contribution in [3.05, 3.63) is 64.3 Å². The molecule has 0 saturated heterocycles. The summed E-state index contributed by atoms with van der Waals surface area (Å²) in [5.74, 6) is -1.32. The summed E-state index contributed by atoms with van der Waals surface area (Å²) in [4.78, 5) is 40.1. The molecule has 1 N–H and O–H groups in total. The van der Waals surface area contributed by atoms with Gasteiger partial charge in [-0.15, -0.1) is 0 Å². The second-order valence-electron chi connectivity index (χ2n) is 4.72. The number of carboxylic acid groups (broad SMARTS) is 1. The standard InChI is InChI=1S/C15H15N3O4/c1-17(14(20)11-3-2-6-16-9-11)7-8-18-10-12(15(21)22)4-5-13(18)19/h2-6,9-10H,7-8H2,1H3,(H,21,22). The van der Waals surface area contributed by atoms with E-state index in [0.717, 1.165) is 0 Å².